The molecule has 0 radical (unpaired) electrons. The zero-order valence-electron chi connectivity index (χ0n) is 16.1. The van der Waals surface area contributed by atoms with E-state index in [9.17, 15) is 18.0 Å². The van der Waals surface area contributed by atoms with E-state index < -0.39 is 17.3 Å². The van der Waals surface area contributed by atoms with Gasteiger partial charge in [0.15, 0.2) is 5.16 Å². The van der Waals surface area contributed by atoms with Gasteiger partial charge in [0, 0.05) is 18.1 Å². The molecule has 0 aliphatic rings. The SMILES string of the molecule is Cc1ccccc1CSc1nnc2c(=O)n(-c3cccc(C(F)(F)F)c3C)ccn12. The average molecular weight is 430 g/mol. The van der Waals surface area contributed by atoms with E-state index in [0.29, 0.717) is 10.9 Å². The number of fused-ring (bicyclic) bond motifs is 1. The molecule has 154 valence electrons. The fraction of sp³-hybridized carbons (Fsp3) is 0.190. The minimum absolute atomic E-state index is 0.0230. The lowest BCUT2D eigenvalue weighted by Crippen LogP contribution is -2.22. The molecule has 0 aliphatic heterocycles. The van der Waals surface area contributed by atoms with E-state index in [1.807, 2.05) is 31.2 Å². The quantitative estimate of drug-likeness (QED) is 0.436. The van der Waals surface area contributed by atoms with E-state index in [2.05, 4.69) is 10.2 Å². The second kappa shape index (κ2) is 7.64. The van der Waals surface area contributed by atoms with Crippen molar-refractivity contribution < 1.29 is 13.2 Å². The van der Waals surface area contributed by atoms with Gasteiger partial charge in [-0.1, -0.05) is 42.1 Å². The third kappa shape index (κ3) is 3.60. The molecule has 0 saturated heterocycles. The van der Waals surface area contributed by atoms with Gasteiger partial charge >= 0.3 is 11.7 Å². The Kier molecular flexibility index (Phi) is 5.15. The van der Waals surface area contributed by atoms with Gasteiger partial charge in [0.1, 0.15) is 0 Å². The highest BCUT2D eigenvalue weighted by molar-refractivity contribution is 7.98. The van der Waals surface area contributed by atoms with Crippen molar-refractivity contribution in [1.29, 1.82) is 0 Å². The molecular weight excluding hydrogens is 413 g/mol. The number of aromatic nitrogens is 4. The summed E-state index contributed by atoms with van der Waals surface area (Å²) in [5.41, 5.74) is 1.19. The summed E-state index contributed by atoms with van der Waals surface area (Å²) in [7, 11) is 0. The van der Waals surface area contributed by atoms with Gasteiger partial charge in [0.05, 0.1) is 11.3 Å². The molecule has 0 N–H and O–H groups in total. The van der Waals surface area contributed by atoms with Gasteiger partial charge in [0.25, 0.3) is 0 Å². The van der Waals surface area contributed by atoms with E-state index in [1.165, 1.54) is 41.6 Å². The molecule has 5 nitrogen and oxygen atoms in total. The van der Waals surface area contributed by atoms with Crippen LogP contribution in [-0.2, 0) is 11.9 Å². The molecule has 2 aromatic carbocycles. The van der Waals surface area contributed by atoms with Crippen molar-refractivity contribution in [2.24, 2.45) is 0 Å². The Bertz CT molecular complexity index is 1290. The number of halogens is 3. The lowest BCUT2D eigenvalue weighted by molar-refractivity contribution is -0.138. The summed E-state index contributed by atoms with van der Waals surface area (Å²) in [6, 6.07) is 11.7. The van der Waals surface area contributed by atoms with E-state index in [4.69, 9.17) is 0 Å². The van der Waals surface area contributed by atoms with Crippen LogP contribution in [-0.4, -0.2) is 19.2 Å². The predicted octanol–water partition coefficient (Wildman–Crippen LogP) is 4.81. The van der Waals surface area contributed by atoms with Gasteiger partial charge in [-0.15, -0.1) is 10.2 Å². The van der Waals surface area contributed by atoms with E-state index >= 15 is 0 Å². The summed E-state index contributed by atoms with van der Waals surface area (Å²) in [4.78, 5) is 12.9. The normalized spacial score (nSPS) is 11.9. The van der Waals surface area contributed by atoms with Crippen LogP contribution in [0.3, 0.4) is 0 Å². The molecule has 2 aromatic heterocycles. The Morgan fingerprint density at radius 2 is 1.77 bits per heavy atom. The number of nitrogens with zero attached hydrogens (tertiary/aromatic N) is 4. The lowest BCUT2D eigenvalue weighted by Gasteiger charge is -2.15. The van der Waals surface area contributed by atoms with Crippen molar-refractivity contribution in [1.82, 2.24) is 19.2 Å². The summed E-state index contributed by atoms with van der Waals surface area (Å²) in [5.74, 6) is 0.656. The van der Waals surface area contributed by atoms with Crippen LogP contribution in [0.15, 0.2) is 64.8 Å². The molecule has 0 aliphatic carbocycles. The van der Waals surface area contributed by atoms with Crippen molar-refractivity contribution in [2.45, 2.75) is 30.9 Å². The Labute approximate surface area is 174 Å². The van der Waals surface area contributed by atoms with Crippen LogP contribution in [0, 0.1) is 13.8 Å². The van der Waals surface area contributed by atoms with Crippen molar-refractivity contribution >= 4 is 17.4 Å². The van der Waals surface area contributed by atoms with Crippen LogP contribution in [0.5, 0.6) is 0 Å². The number of hydrogen-bond donors (Lipinski definition) is 0. The Morgan fingerprint density at radius 1 is 1.00 bits per heavy atom. The van der Waals surface area contributed by atoms with Crippen molar-refractivity contribution in [3.05, 3.63) is 87.5 Å². The first-order chi connectivity index (χ1) is 14.3. The molecule has 9 heteroatoms. The monoisotopic (exact) mass is 430 g/mol. The summed E-state index contributed by atoms with van der Waals surface area (Å²) in [5, 5.41) is 8.61. The molecule has 0 unspecified atom stereocenters. The molecule has 4 rings (SSSR count). The minimum Gasteiger partial charge on any atom is -0.279 e. The summed E-state index contributed by atoms with van der Waals surface area (Å²) < 4.78 is 42.4. The van der Waals surface area contributed by atoms with Crippen molar-refractivity contribution in [2.75, 3.05) is 0 Å². The Morgan fingerprint density at radius 3 is 2.50 bits per heavy atom. The van der Waals surface area contributed by atoms with Gasteiger partial charge < -0.3 is 0 Å². The predicted molar refractivity (Wildman–Crippen MR) is 109 cm³/mol. The molecule has 0 saturated carbocycles. The number of aryl methyl sites for hydroxylation is 1. The highest BCUT2D eigenvalue weighted by Crippen LogP contribution is 2.33. The first-order valence-corrected chi connectivity index (χ1v) is 10.1. The maximum atomic E-state index is 13.2. The smallest absolute Gasteiger partial charge is 0.279 e. The number of thioether (sulfide) groups is 1. The summed E-state index contributed by atoms with van der Waals surface area (Å²) in [6.07, 6.45) is -1.46. The standard InChI is InChI=1S/C21H17F3N4OS/c1-13-6-3-4-7-15(13)12-30-20-26-25-18-19(29)27(10-11-28(18)20)17-9-5-8-16(14(17)2)21(22,23)24/h3-11H,12H2,1-2H3. The van der Waals surface area contributed by atoms with Crippen molar-refractivity contribution in [3.8, 4) is 5.69 Å². The Hall–Kier alpha value is -3.07. The van der Waals surface area contributed by atoms with Crippen molar-refractivity contribution in [3.63, 3.8) is 0 Å². The molecule has 0 fully saturated rings. The van der Waals surface area contributed by atoms with Crippen LogP contribution in [0.1, 0.15) is 22.3 Å². The molecule has 0 bridgehead atoms. The minimum atomic E-state index is -4.50. The largest absolute Gasteiger partial charge is 0.416 e. The van der Waals surface area contributed by atoms with Crippen LogP contribution in [0.4, 0.5) is 13.2 Å². The lowest BCUT2D eigenvalue weighted by atomic mass is 10.1. The highest BCUT2D eigenvalue weighted by Gasteiger charge is 2.33. The number of hydrogen-bond acceptors (Lipinski definition) is 4. The third-order valence-corrected chi connectivity index (χ3v) is 5.92. The van der Waals surface area contributed by atoms with Crippen LogP contribution < -0.4 is 5.56 Å². The number of alkyl halides is 3. The first-order valence-electron chi connectivity index (χ1n) is 9.08. The maximum absolute atomic E-state index is 13.2. The zero-order chi connectivity index (χ0) is 21.5. The number of benzene rings is 2. The molecule has 0 amide bonds. The second-order valence-electron chi connectivity index (χ2n) is 6.81. The number of rotatable bonds is 4. The van der Waals surface area contributed by atoms with E-state index in [1.54, 1.807) is 10.6 Å². The highest BCUT2D eigenvalue weighted by atomic mass is 32.2. The van der Waals surface area contributed by atoms with Crippen LogP contribution in [0.25, 0.3) is 11.3 Å². The average Bonchev–Trinajstić information content (AvgIpc) is 3.11. The summed E-state index contributed by atoms with van der Waals surface area (Å²) in [6.45, 7) is 3.37. The van der Waals surface area contributed by atoms with Gasteiger partial charge in [0.2, 0.25) is 5.65 Å². The van der Waals surface area contributed by atoms with Gasteiger partial charge in [-0.2, -0.15) is 13.2 Å². The molecular formula is C21H17F3N4OS. The molecule has 0 atom stereocenters. The van der Waals surface area contributed by atoms with Gasteiger partial charge in [-0.3, -0.25) is 13.8 Å². The molecule has 0 spiro atoms. The van der Waals surface area contributed by atoms with Crippen LogP contribution in [0.2, 0.25) is 0 Å². The zero-order valence-corrected chi connectivity index (χ0v) is 17.0. The van der Waals surface area contributed by atoms with Crippen LogP contribution >= 0.6 is 11.8 Å². The van der Waals surface area contributed by atoms with E-state index in [0.717, 1.165) is 17.2 Å². The third-order valence-electron chi connectivity index (χ3n) is 4.93. The second-order valence-corrected chi connectivity index (χ2v) is 7.75. The topological polar surface area (TPSA) is 52.2 Å². The fourth-order valence-corrected chi connectivity index (χ4v) is 4.25. The molecule has 2 heterocycles. The fourth-order valence-electron chi connectivity index (χ4n) is 3.26. The molecule has 4 aromatic rings. The van der Waals surface area contributed by atoms with Gasteiger partial charge in [-0.25, -0.2) is 0 Å². The first kappa shape index (κ1) is 20.2. The molecule has 30 heavy (non-hydrogen) atoms. The van der Waals surface area contributed by atoms with E-state index in [-0.39, 0.29) is 16.9 Å². The van der Waals surface area contributed by atoms with Gasteiger partial charge in [-0.05, 0) is 42.7 Å². The maximum Gasteiger partial charge on any atom is 0.416 e. The summed E-state index contributed by atoms with van der Waals surface area (Å²) >= 11 is 1.44. The Balaban J connectivity index is 1.72.